The van der Waals surface area contributed by atoms with E-state index in [1.165, 1.54) is 0 Å². The number of aryl methyl sites for hydroxylation is 2. The van der Waals surface area contributed by atoms with Crippen molar-refractivity contribution in [3.8, 4) is 5.75 Å². The van der Waals surface area contributed by atoms with Crippen LogP contribution in [0.5, 0.6) is 5.75 Å². The van der Waals surface area contributed by atoms with E-state index in [1.807, 2.05) is 38.1 Å². The van der Waals surface area contributed by atoms with Crippen molar-refractivity contribution in [1.82, 2.24) is 0 Å². The Labute approximate surface area is 100 Å². The number of rotatable bonds is 2. The number of aromatic hydroxyl groups is 1. The van der Waals surface area contributed by atoms with Crippen LogP contribution in [0.4, 0.5) is 11.4 Å². The van der Waals surface area contributed by atoms with Crippen LogP contribution in [0, 0.1) is 13.8 Å². The fraction of sp³-hybridized carbons (Fsp3) is 0.143. The molecule has 86 valence electrons. The van der Waals surface area contributed by atoms with Crippen LogP contribution >= 0.6 is 0 Å². The molecule has 3 nitrogen and oxygen atoms in total. The van der Waals surface area contributed by atoms with E-state index in [-0.39, 0.29) is 5.75 Å². The van der Waals surface area contributed by atoms with Crippen molar-refractivity contribution in [3.63, 3.8) is 0 Å². The van der Waals surface area contributed by atoms with Crippen molar-refractivity contribution in [2.24, 2.45) is 10.2 Å². The fourth-order valence-corrected chi connectivity index (χ4v) is 1.49. The van der Waals surface area contributed by atoms with E-state index >= 15 is 0 Å². The lowest BCUT2D eigenvalue weighted by Gasteiger charge is -1.99. The molecule has 0 bridgehead atoms. The maximum atomic E-state index is 9.40. The number of phenolic OH excluding ortho intramolecular Hbond substituents is 1. The van der Waals surface area contributed by atoms with Crippen LogP contribution in [-0.2, 0) is 0 Å². The Bertz CT molecular complexity index is 562. The minimum atomic E-state index is 0.278. The van der Waals surface area contributed by atoms with Gasteiger partial charge in [-0.3, -0.25) is 0 Å². The molecule has 0 saturated heterocycles. The standard InChI is InChI=1S/C14H14N2O/c1-10-5-3-4-6-13(10)16-15-12-7-8-14(17)11(2)9-12/h3-9,17H,1-2H3. The summed E-state index contributed by atoms with van der Waals surface area (Å²) in [7, 11) is 0. The quantitative estimate of drug-likeness (QED) is 0.756. The monoisotopic (exact) mass is 226 g/mol. The Balaban J connectivity index is 2.26. The van der Waals surface area contributed by atoms with Crippen molar-refractivity contribution >= 4 is 11.4 Å². The lowest BCUT2D eigenvalue weighted by Crippen LogP contribution is -1.74. The third-order valence-corrected chi connectivity index (χ3v) is 2.57. The molecule has 0 aromatic heterocycles. The molecular weight excluding hydrogens is 212 g/mol. The Hall–Kier alpha value is -2.16. The van der Waals surface area contributed by atoms with Gasteiger partial charge in [-0.05, 0) is 49.2 Å². The normalized spacial score (nSPS) is 10.9. The number of hydrogen-bond donors (Lipinski definition) is 1. The minimum absolute atomic E-state index is 0.278. The first kappa shape index (κ1) is 11.3. The van der Waals surface area contributed by atoms with E-state index in [4.69, 9.17) is 0 Å². The topological polar surface area (TPSA) is 45.0 Å². The summed E-state index contributed by atoms with van der Waals surface area (Å²) < 4.78 is 0. The molecule has 0 aliphatic carbocycles. The molecule has 3 heteroatoms. The molecule has 0 saturated carbocycles. The summed E-state index contributed by atoms with van der Waals surface area (Å²) in [6.45, 7) is 3.83. The van der Waals surface area contributed by atoms with Crippen molar-refractivity contribution in [2.45, 2.75) is 13.8 Å². The predicted molar refractivity (Wildman–Crippen MR) is 68.2 cm³/mol. The maximum Gasteiger partial charge on any atom is 0.118 e. The Morgan fingerprint density at radius 1 is 0.882 bits per heavy atom. The van der Waals surface area contributed by atoms with Gasteiger partial charge in [0.25, 0.3) is 0 Å². The van der Waals surface area contributed by atoms with Gasteiger partial charge >= 0.3 is 0 Å². The van der Waals surface area contributed by atoms with Gasteiger partial charge < -0.3 is 5.11 Å². The molecule has 17 heavy (non-hydrogen) atoms. The zero-order chi connectivity index (χ0) is 12.3. The highest BCUT2D eigenvalue weighted by molar-refractivity contribution is 5.48. The van der Waals surface area contributed by atoms with Gasteiger partial charge in [0.05, 0.1) is 11.4 Å². The van der Waals surface area contributed by atoms with Gasteiger partial charge in [-0.2, -0.15) is 10.2 Å². The lowest BCUT2D eigenvalue weighted by molar-refractivity contribution is 0.471. The summed E-state index contributed by atoms with van der Waals surface area (Å²) in [5, 5.41) is 17.7. The molecule has 0 unspecified atom stereocenters. The molecule has 0 fully saturated rings. The first-order valence-corrected chi connectivity index (χ1v) is 5.44. The molecular formula is C14H14N2O. The third kappa shape index (κ3) is 2.69. The molecule has 2 aromatic rings. The number of benzene rings is 2. The number of nitrogens with zero attached hydrogens (tertiary/aromatic N) is 2. The van der Waals surface area contributed by atoms with Crippen molar-refractivity contribution in [3.05, 3.63) is 53.6 Å². The van der Waals surface area contributed by atoms with E-state index < -0.39 is 0 Å². The molecule has 0 radical (unpaired) electrons. The largest absolute Gasteiger partial charge is 0.508 e. The molecule has 0 atom stereocenters. The minimum Gasteiger partial charge on any atom is -0.508 e. The molecule has 1 N–H and O–H groups in total. The third-order valence-electron chi connectivity index (χ3n) is 2.57. The highest BCUT2D eigenvalue weighted by Crippen LogP contribution is 2.25. The van der Waals surface area contributed by atoms with Gasteiger partial charge in [0.15, 0.2) is 0 Å². The second kappa shape index (κ2) is 4.78. The second-order valence-corrected chi connectivity index (χ2v) is 3.96. The maximum absolute atomic E-state index is 9.40. The lowest BCUT2D eigenvalue weighted by atomic mass is 10.2. The molecule has 0 aliphatic rings. The van der Waals surface area contributed by atoms with E-state index in [0.29, 0.717) is 0 Å². The molecule has 0 spiro atoms. The van der Waals surface area contributed by atoms with Crippen LogP contribution in [0.25, 0.3) is 0 Å². The first-order valence-electron chi connectivity index (χ1n) is 5.44. The summed E-state index contributed by atoms with van der Waals surface area (Å²) >= 11 is 0. The van der Waals surface area contributed by atoms with E-state index in [9.17, 15) is 5.11 Å². The molecule has 2 aromatic carbocycles. The van der Waals surface area contributed by atoms with Gasteiger partial charge in [0.2, 0.25) is 0 Å². The van der Waals surface area contributed by atoms with Crippen molar-refractivity contribution in [2.75, 3.05) is 0 Å². The molecule has 2 rings (SSSR count). The van der Waals surface area contributed by atoms with Gasteiger partial charge in [-0.25, -0.2) is 0 Å². The van der Waals surface area contributed by atoms with Crippen LogP contribution in [0.3, 0.4) is 0 Å². The van der Waals surface area contributed by atoms with E-state index in [0.717, 1.165) is 22.5 Å². The molecule has 0 amide bonds. The van der Waals surface area contributed by atoms with Gasteiger partial charge in [0, 0.05) is 0 Å². The summed E-state index contributed by atoms with van der Waals surface area (Å²) in [6, 6.07) is 13.0. The van der Waals surface area contributed by atoms with Crippen LogP contribution in [0.1, 0.15) is 11.1 Å². The molecule has 0 aliphatic heterocycles. The van der Waals surface area contributed by atoms with Crippen molar-refractivity contribution < 1.29 is 5.11 Å². The first-order chi connectivity index (χ1) is 8.16. The number of hydrogen-bond acceptors (Lipinski definition) is 3. The fourth-order valence-electron chi connectivity index (χ4n) is 1.49. The zero-order valence-corrected chi connectivity index (χ0v) is 9.88. The second-order valence-electron chi connectivity index (χ2n) is 3.96. The highest BCUT2D eigenvalue weighted by atomic mass is 16.3. The summed E-state index contributed by atoms with van der Waals surface area (Å²) in [4.78, 5) is 0. The average Bonchev–Trinajstić information content (AvgIpc) is 2.32. The summed E-state index contributed by atoms with van der Waals surface area (Å²) in [5.74, 6) is 0.278. The Morgan fingerprint density at radius 2 is 1.65 bits per heavy atom. The van der Waals surface area contributed by atoms with E-state index in [1.54, 1.807) is 18.2 Å². The smallest absolute Gasteiger partial charge is 0.118 e. The highest BCUT2D eigenvalue weighted by Gasteiger charge is 1.97. The van der Waals surface area contributed by atoms with Crippen molar-refractivity contribution in [1.29, 1.82) is 0 Å². The predicted octanol–water partition coefficient (Wildman–Crippen LogP) is 4.42. The zero-order valence-electron chi connectivity index (χ0n) is 9.88. The summed E-state index contributed by atoms with van der Waals surface area (Å²) in [6.07, 6.45) is 0. The Morgan fingerprint density at radius 3 is 2.35 bits per heavy atom. The van der Waals surface area contributed by atoms with E-state index in [2.05, 4.69) is 10.2 Å². The van der Waals surface area contributed by atoms with Crippen LogP contribution in [-0.4, -0.2) is 5.11 Å². The SMILES string of the molecule is Cc1cc(N=Nc2ccccc2C)ccc1O. The van der Waals surface area contributed by atoms with Crippen LogP contribution < -0.4 is 0 Å². The average molecular weight is 226 g/mol. The Kier molecular flexibility index (Phi) is 3.19. The molecule has 0 heterocycles. The summed E-state index contributed by atoms with van der Waals surface area (Å²) in [5.41, 5.74) is 3.49. The van der Waals surface area contributed by atoms with Gasteiger partial charge in [-0.1, -0.05) is 18.2 Å². The number of phenols is 1. The van der Waals surface area contributed by atoms with Crippen LogP contribution in [0.2, 0.25) is 0 Å². The number of azo groups is 1. The van der Waals surface area contributed by atoms with Crippen LogP contribution in [0.15, 0.2) is 52.7 Å². The van der Waals surface area contributed by atoms with Gasteiger partial charge in [-0.15, -0.1) is 0 Å². The van der Waals surface area contributed by atoms with Gasteiger partial charge in [0.1, 0.15) is 5.75 Å².